The highest BCUT2D eigenvalue weighted by molar-refractivity contribution is 5.77. The quantitative estimate of drug-likeness (QED) is 0.821. The van der Waals surface area contributed by atoms with Gasteiger partial charge in [0.05, 0.1) is 6.42 Å². The van der Waals surface area contributed by atoms with Crippen LogP contribution < -0.4 is 4.74 Å². The third kappa shape index (κ3) is 4.14. The Kier molecular flexibility index (Phi) is 4.51. The topological polar surface area (TPSA) is 66.8 Å². The van der Waals surface area contributed by atoms with E-state index in [-0.39, 0.29) is 18.9 Å². The smallest absolute Gasteiger partial charge is 0.307 e. The molecule has 1 aromatic carbocycles. The van der Waals surface area contributed by atoms with Crippen molar-refractivity contribution in [1.29, 1.82) is 0 Å². The van der Waals surface area contributed by atoms with Crippen LogP contribution in [0.4, 0.5) is 0 Å². The number of amides is 1. The van der Waals surface area contributed by atoms with E-state index in [1.807, 2.05) is 0 Å². The fourth-order valence-electron chi connectivity index (χ4n) is 1.22. The van der Waals surface area contributed by atoms with Crippen molar-refractivity contribution in [3.8, 4) is 5.75 Å². The van der Waals surface area contributed by atoms with E-state index in [4.69, 9.17) is 9.84 Å². The summed E-state index contributed by atoms with van der Waals surface area (Å²) in [7, 11) is 3.27. The molecule has 0 atom stereocenters. The van der Waals surface area contributed by atoms with Gasteiger partial charge in [0.1, 0.15) is 5.75 Å². The number of likely N-dealkylation sites (N-methyl/N-ethyl adjacent to an activating group) is 1. The minimum absolute atomic E-state index is 0.0936. The lowest BCUT2D eigenvalue weighted by molar-refractivity contribution is -0.136. The van der Waals surface area contributed by atoms with Crippen LogP contribution in [0.5, 0.6) is 5.75 Å². The number of para-hydroxylation sites is 1. The summed E-state index contributed by atoms with van der Waals surface area (Å²) in [5.74, 6) is -0.666. The zero-order chi connectivity index (χ0) is 12.8. The van der Waals surface area contributed by atoms with Gasteiger partial charge in [0.25, 0.3) is 5.91 Å². The minimum Gasteiger partial charge on any atom is -0.483 e. The van der Waals surface area contributed by atoms with E-state index >= 15 is 0 Å². The van der Waals surface area contributed by atoms with Crippen molar-refractivity contribution in [2.75, 3.05) is 20.7 Å². The third-order valence-electron chi connectivity index (χ3n) is 2.16. The Bertz CT molecular complexity index is 415. The number of carboxylic acid groups (broad SMARTS) is 1. The maximum absolute atomic E-state index is 11.3. The lowest BCUT2D eigenvalue weighted by Gasteiger charge is -2.13. The summed E-state index contributed by atoms with van der Waals surface area (Å²) in [6, 6.07) is 6.80. The highest BCUT2D eigenvalue weighted by Gasteiger charge is 2.10. The second kappa shape index (κ2) is 5.89. The fourth-order valence-corrected chi connectivity index (χ4v) is 1.22. The lowest BCUT2D eigenvalue weighted by Crippen LogP contribution is -2.27. The van der Waals surface area contributed by atoms with E-state index in [9.17, 15) is 9.59 Å². The van der Waals surface area contributed by atoms with Gasteiger partial charge in [0.2, 0.25) is 0 Å². The molecule has 0 unspecified atom stereocenters. The molecule has 0 radical (unpaired) electrons. The molecule has 5 nitrogen and oxygen atoms in total. The number of ether oxygens (including phenoxy) is 1. The van der Waals surface area contributed by atoms with Crippen LogP contribution in [0.1, 0.15) is 5.56 Å². The van der Waals surface area contributed by atoms with E-state index in [1.165, 1.54) is 4.90 Å². The van der Waals surface area contributed by atoms with Gasteiger partial charge in [-0.3, -0.25) is 9.59 Å². The Hall–Kier alpha value is -2.04. The van der Waals surface area contributed by atoms with Gasteiger partial charge in [0, 0.05) is 19.7 Å². The second-order valence-corrected chi connectivity index (χ2v) is 3.76. The number of aliphatic carboxylic acids is 1. The van der Waals surface area contributed by atoms with Crippen LogP contribution in [-0.2, 0) is 16.0 Å². The monoisotopic (exact) mass is 237 g/mol. The first-order chi connectivity index (χ1) is 8.00. The van der Waals surface area contributed by atoms with Gasteiger partial charge in [-0.15, -0.1) is 0 Å². The molecule has 1 aromatic rings. The normalized spacial score (nSPS) is 9.76. The molecular formula is C12H15NO4. The Morgan fingerprint density at radius 2 is 1.94 bits per heavy atom. The van der Waals surface area contributed by atoms with Gasteiger partial charge >= 0.3 is 5.97 Å². The van der Waals surface area contributed by atoms with Crippen LogP contribution in [0.3, 0.4) is 0 Å². The highest BCUT2D eigenvalue weighted by atomic mass is 16.5. The zero-order valence-electron chi connectivity index (χ0n) is 9.84. The molecule has 5 heteroatoms. The predicted molar refractivity (Wildman–Crippen MR) is 62.0 cm³/mol. The average Bonchev–Trinajstić information content (AvgIpc) is 2.26. The first-order valence-corrected chi connectivity index (χ1v) is 5.13. The molecule has 1 amide bonds. The summed E-state index contributed by atoms with van der Waals surface area (Å²) >= 11 is 0. The molecule has 0 aliphatic heterocycles. The molecule has 0 aliphatic carbocycles. The van der Waals surface area contributed by atoms with Crippen LogP contribution in [0.25, 0.3) is 0 Å². The van der Waals surface area contributed by atoms with Crippen molar-refractivity contribution in [1.82, 2.24) is 4.90 Å². The van der Waals surface area contributed by atoms with E-state index in [2.05, 4.69) is 0 Å². The summed E-state index contributed by atoms with van der Waals surface area (Å²) in [5.41, 5.74) is 0.562. The first-order valence-electron chi connectivity index (χ1n) is 5.13. The van der Waals surface area contributed by atoms with Crippen LogP contribution in [-0.4, -0.2) is 42.6 Å². The Balaban J connectivity index is 2.70. The molecule has 0 fully saturated rings. The summed E-state index contributed by atoms with van der Waals surface area (Å²) in [4.78, 5) is 23.4. The van der Waals surface area contributed by atoms with Gasteiger partial charge in [0.15, 0.2) is 6.61 Å². The van der Waals surface area contributed by atoms with Crippen molar-refractivity contribution >= 4 is 11.9 Å². The Morgan fingerprint density at radius 3 is 2.53 bits per heavy atom. The second-order valence-electron chi connectivity index (χ2n) is 3.76. The number of hydrogen-bond acceptors (Lipinski definition) is 3. The molecule has 0 aromatic heterocycles. The van der Waals surface area contributed by atoms with Gasteiger partial charge in [-0.05, 0) is 6.07 Å². The molecule has 0 saturated heterocycles. The number of carboxylic acids is 1. The summed E-state index contributed by atoms with van der Waals surface area (Å²) in [6.07, 6.45) is -0.119. The predicted octanol–water partition coefficient (Wildman–Crippen LogP) is 0.781. The van der Waals surface area contributed by atoms with Crippen LogP contribution in [0, 0.1) is 0 Å². The fraction of sp³-hybridized carbons (Fsp3) is 0.333. The SMILES string of the molecule is CN(C)C(=O)COc1ccccc1CC(=O)O. The van der Waals surface area contributed by atoms with Crippen molar-refractivity contribution < 1.29 is 19.4 Å². The number of rotatable bonds is 5. The number of hydrogen-bond donors (Lipinski definition) is 1. The van der Waals surface area contributed by atoms with Crippen LogP contribution in [0.15, 0.2) is 24.3 Å². The molecule has 0 spiro atoms. The summed E-state index contributed by atoms with van der Waals surface area (Å²) < 4.78 is 5.31. The lowest BCUT2D eigenvalue weighted by atomic mass is 10.1. The molecular weight excluding hydrogens is 222 g/mol. The molecule has 0 heterocycles. The zero-order valence-corrected chi connectivity index (χ0v) is 9.84. The first kappa shape index (κ1) is 13.0. The number of nitrogens with zero attached hydrogens (tertiary/aromatic N) is 1. The molecule has 1 N–H and O–H groups in total. The van der Waals surface area contributed by atoms with Crippen molar-refractivity contribution in [3.05, 3.63) is 29.8 Å². The third-order valence-corrected chi connectivity index (χ3v) is 2.16. The average molecular weight is 237 g/mol. The Labute approximate surface area is 99.6 Å². The van der Waals surface area contributed by atoms with Gasteiger partial charge in [-0.2, -0.15) is 0 Å². The maximum Gasteiger partial charge on any atom is 0.307 e. The number of benzene rings is 1. The minimum atomic E-state index is -0.931. The summed E-state index contributed by atoms with van der Waals surface area (Å²) in [6.45, 7) is -0.0936. The van der Waals surface area contributed by atoms with E-state index in [0.717, 1.165) is 0 Å². The van der Waals surface area contributed by atoms with Gasteiger partial charge in [-0.1, -0.05) is 18.2 Å². The molecule has 0 aliphatic rings. The van der Waals surface area contributed by atoms with Crippen molar-refractivity contribution in [3.63, 3.8) is 0 Å². The van der Waals surface area contributed by atoms with E-state index < -0.39 is 5.97 Å². The van der Waals surface area contributed by atoms with Crippen molar-refractivity contribution in [2.24, 2.45) is 0 Å². The molecule has 92 valence electrons. The van der Waals surface area contributed by atoms with Crippen LogP contribution in [0.2, 0.25) is 0 Å². The van der Waals surface area contributed by atoms with Crippen LogP contribution >= 0.6 is 0 Å². The van der Waals surface area contributed by atoms with Crippen molar-refractivity contribution in [2.45, 2.75) is 6.42 Å². The molecule has 1 rings (SSSR count). The largest absolute Gasteiger partial charge is 0.483 e. The maximum atomic E-state index is 11.3. The van der Waals surface area contributed by atoms with Gasteiger partial charge in [-0.25, -0.2) is 0 Å². The highest BCUT2D eigenvalue weighted by Crippen LogP contribution is 2.18. The number of carbonyl (C=O) groups excluding carboxylic acids is 1. The van der Waals surface area contributed by atoms with E-state index in [1.54, 1.807) is 38.4 Å². The molecule has 0 bridgehead atoms. The standard InChI is InChI=1S/C12H15NO4/c1-13(2)11(14)8-17-10-6-4-3-5-9(10)7-12(15)16/h3-6H,7-8H2,1-2H3,(H,15,16). The molecule has 0 saturated carbocycles. The Morgan fingerprint density at radius 1 is 1.29 bits per heavy atom. The van der Waals surface area contributed by atoms with Gasteiger partial charge < -0.3 is 14.7 Å². The summed E-state index contributed by atoms with van der Waals surface area (Å²) in [5, 5.41) is 8.73. The van der Waals surface area contributed by atoms with E-state index in [0.29, 0.717) is 11.3 Å². The molecule has 17 heavy (non-hydrogen) atoms. The number of carbonyl (C=O) groups is 2.